The van der Waals surface area contributed by atoms with Crippen molar-refractivity contribution >= 4 is 15.7 Å². The Balaban J connectivity index is 2.43. The predicted octanol–water partition coefficient (Wildman–Crippen LogP) is -0.738. The average Bonchev–Trinajstić information content (AvgIpc) is 2.50. The van der Waals surface area contributed by atoms with Crippen LogP contribution < -0.4 is 0 Å². The van der Waals surface area contributed by atoms with Crippen molar-refractivity contribution in [1.82, 2.24) is 4.90 Å². The van der Waals surface area contributed by atoms with Crippen LogP contribution in [0.2, 0.25) is 0 Å². The summed E-state index contributed by atoms with van der Waals surface area (Å²) in [6, 6.07) is 0. The molecule has 0 aromatic carbocycles. The van der Waals surface area contributed by atoms with E-state index in [-0.39, 0.29) is 12.5 Å². The number of amides is 1. The van der Waals surface area contributed by atoms with E-state index in [9.17, 15) is 13.2 Å². The van der Waals surface area contributed by atoms with Crippen LogP contribution in [0.4, 0.5) is 0 Å². The number of hydrogen-bond acceptors (Lipinski definition) is 4. The number of sulfone groups is 1. The predicted molar refractivity (Wildman–Crippen MR) is 56.1 cm³/mol. The molecule has 0 bridgehead atoms. The molecule has 0 spiro atoms. The number of likely N-dealkylation sites (tertiary alicyclic amines) is 1. The third-order valence-corrected chi connectivity index (χ3v) is 3.33. The first-order valence-corrected chi connectivity index (χ1v) is 7.05. The molecule has 1 heterocycles. The highest BCUT2D eigenvalue weighted by atomic mass is 32.2. The Labute approximate surface area is 90.0 Å². The summed E-state index contributed by atoms with van der Waals surface area (Å²) in [6.45, 7) is 1.31. The second-order valence-electron chi connectivity index (χ2n) is 4.08. The zero-order valence-corrected chi connectivity index (χ0v) is 9.66. The second-order valence-corrected chi connectivity index (χ2v) is 6.22. The molecule has 1 N–H and O–H groups in total. The molecule has 15 heavy (non-hydrogen) atoms. The monoisotopic (exact) mass is 235 g/mol. The Hall–Kier alpha value is -0.620. The van der Waals surface area contributed by atoms with Gasteiger partial charge in [0.25, 0.3) is 0 Å². The molecule has 6 heteroatoms. The highest BCUT2D eigenvalue weighted by Crippen LogP contribution is 2.19. The van der Waals surface area contributed by atoms with Crippen molar-refractivity contribution in [3.05, 3.63) is 0 Å². The average molecular weight is 235 g/mol. The Kier molecular flexibility index (Phi) is 4.10. The molecule has 88 valence electrons. The number of hydrogen-bond donors (Lipinski definition) is 1. The lowest BCUT2D eigenvalue weighted by atomic mass is 10.1. The molecule has 5 nitrogen and oxygen atoms in total. The fourth-order valence-corrected chi connectivity index (χ4v) is 2.42. The summed E-state index contributed by atoms with van der Waals surface area (Å²) in [6.07, 6.45) is 2.60. The summed E-state index contributed by atoms with van der Waals surface area (Å²) in [4.78, 5) is 13.1. The number of nitrogens with zero attached hydrogens (tertiary/aromatic N) is 1. The number of rotatable bonds is 4. The summed E-state index contributed by atoms with van der Waals surface area (Å²) in [5, 5.41) is 8.74. The lowest BCUT2D eigenvalue weighted by Gasteiger charge is -2.15. The minimum absolute atomic E-state index is 0.124. The molecule has 0 saturated carbocycles. The minimum atomic E-state index is -3.23. The van der Waals surface area contributed by atoms with Gasteiger partial charge < -0.3 is 10.0 Å². The lowest BCUT2D eigenvalue weighted by molar-refractivity contribution is -0.127. The fourth-order valence-electron chi connectivity index (χ4n) is 1.79. The van der Waals surface area contributed by atoms with Gasteiger partial charge in [-0.25, -0.2) is 8.42 Å². The van der Waals surface area contributed by atoms with Gasteiger partial charge in [-0.3, -0.25) is 4.79 Å². The summed E-state index contributed by atoms with van der Waals surface area (Å²) >= 11 is 0. The van der Waals surface area contributed by atoms with E-state index in [4.69, 9.17) is 5.11 Å². The molecule has 1 rings (SSSR count). The summed E-state index contributed by atoms with van der Waals surface area (Å²) < 4.78 is 21.8. The molecular weight excluding hydrogens is 218 g/mol. The topological polar surface area (TPSA) is 74.7 Å². The summed E-state index contributed by atoms with van der Waals surface area (Å²) in [7, 11) is -3.23. The largest absolute Gasteiger partial charge is 0.396 e. The van der Waals surface area contributed by atoms with Gasteiger partial charge in [0.05, 0.1) is 0 Å². The van der Waals surface area contributed by atoms with Crippen LogP contribution in [-0.2, 0) is 14.6 Å². The maximum atomic E-state index is 11.5. The SMILES string of the molecule is CS(=O)(=O)CC(=O)N1CCC(CCO)C1. The maximum absolute atomic E-state index is 11.5. The van der Waals surface area contributed by atoms with Gasteiger partial charge in [-0.05, 0) is 18.8 Å². The summed E-state index contributed by atoms with van der Waals surface area (Å²) in [5.74, 6) is -0.407. The zero-order chi connectivity index (χ0) is 11.5. The van der Waals surface area contributed by atoms with Crippen LogP contribution in [0.1, 0.15) is 12.8 Å². The molecule has 1 unspecified atom stereocenters. The van der Waals surface area contributed by atoms with Crippen molar-refractivity contribution in [2.45, 2.75) is 12.8 Å². The van der Waals surface area contributed by atoms with Gasteiger partial charge in [0.2, 0.25) is 5.91 Å². The van der Waals surface area contributed by atoms with Gasteiger partial charge >= 0.3 is 0 Å². The number of carbonyl (C=O) groups is 1. The Morgan fingerprint density at radius 1 is 1.53 bits per heavy atom. The van der Waals surface area contributed by atoms with Gasteiger partial charge in [0.1, 0.15) is 5.75 Å². The van der Waals surface area contributed by atoms with Crippen LogP contribution in [0.15, 0.2) is 0 Å². The fraction of sp³-hybridized carbons (Fsp3) is 0.889. The van der Waals surface area contributed by atoms with Crippen LogP contribution in [0.25, 0.3) is 0 Å². The molecule has 1 aliphatic heterocycles. The molecule has 0 aliphatic carbocycles. The molecule has 0 aromatic heterocycles. The lowest BCUT2D eigenvalue weighted by Crippen LogP contribution is -2.33. The van der Waals surface area contributed by atoms with E-state index < -0.39 is 15.6 Å². The van der Waals surface area contributed by atoms with Crippen molar-refractivity contribution < 1.29 is 18.3 Å². The molecule has 1 saturated heterocycles. The molecule has 1 aliphatic rings. The third kappa shape index (κ3) is 4.17. The second kappa shape index (κ2) is 4.94. The van der Waals surface area contributed by atoms with Crippen molar-refractivity contribution in [2.24, 2.45) is 5.92 Å². The molecule has 1 fully saturated rings. The van der Waals surface area contributed by atoms with Crippen LogP contribution in [0.5, 0.6) is 0 Å². The number of carbonyl (C=O) groups excluding carboxylic acids is 1. The first-order valence-electron chi connectivity index (χ1n) is 4.98. The Morgan fingerprint density at radius 2 is 2.20 bits per heavy atom. The van der Waals surface area contributed by atoms with Gasteiger partial charge in [-0.15, -0.1) is 0 Å². The van der Waals surface area contributed by atoms with E-state index in [0.29, 0.717) is 25.4 Å². The smallest absolute Gasteiger partial charge is 0.237 e. The van der Waals surface area contributed by atoms with Crippen LogP contribution in [0, 0.1) is 5.92 Å². The van der Waals surface area contributed by atoms with Gasteiger partial charge in [-0.2, -0.15) is 0 Å². The summed E-state index contributed by atoms with van der Waals surface area (Å²) in [5.41, 5.74) is 0. The van der Waals surface area contributed by atoms with Crippen molar-refractivity contribution in [1.29, 1.82) is 0 Å². The third-order valence-electron chi connectivity index (χ3n) is 2.56. The van der Waals surface area contributed by atoms with Crippen LogP contribution in [-0.4, -0.2) is 56.0 Å². The highest BCUT2D eigenvalue weighted by molar-refractivity contribution is 7.91. The quantitative estimate of drug-likeness (QED) is 0.696. The minimum Gasteiger partial charge on any atom is -0.396 e. The van der Waals surface area contributed by atoms with E-state index >= 15 is 0 Å². The van der Waals surface area contributed by atoms with Crippen LogP contribution in [0.3, 0.4) is 0 Å². The van der Waals surface area contributed by atoms with Gasteiger partial charge in [0.15, 0.2) is 9.84 Å². The number of aliphatic hydroxyl groups is 1. The van der Waals surface area contributed by atoms with E-state index in [1.54, 1.807) is 4.90 Å². The van der Waals surface area contributed by atoms with Crippen molar-refractivity contribution in [2.75, 3.05) is 31.7 Å². The van der Waals surface area contributed by atoms with E-state index in [1.807, 2.05) is 0 Å². The van der Waals surface area contributed by atoms with E-state index in [2.05, 4.69) is 0 Å². The van der Waals surface area contributed by atoms with Crippen molar-refractivity contribution in [3.63, 3.8) is 0 Å². The Bertz CT molecular complexity index is 325. The normalized spacial score (nSPS) is 22.0. The molecule has 0 radical (unpaired) electrons. The standard InChI is InChI=1S/C9H17NO4S/c1-15(13,14)7-9(12)10-4-2-8(6-10)3-5-11/h8,11H,2-7H2,1H3. The van der Waals surface area contributed by atoms with Gasteiger partial charge in [-0.1, -0.05) is 0 Å². The molecular formula is C9H17NO4S. The zero-order valence-electron chi connectivity index (χ0n) is 8.85. The maximum Gasteiger partial charge on any atom is 0.237 e. The first-order chi connectivity index (χ1) is 6.92. The molecule has 1 amide bonds. The van der Waals surface area contributed by atoms with E-state index in [0.717, 1.165) is 12.7 Å². The van der Waals surface area contributed by atoms with Gasteiger partial charge in [0, 0.05) is 26.0 Å². The Morgan fingerprint density at radius 3 is 2.73 bits per heavy atom. The molecule has 1 atom stereocenters. The number of aliphatic hydroxyl groups excluding tert-OH is 1. The first kappa shape index (κ1) is 12.4. The van der Waals surface area contributed by atoms with E-state index in [1.165, 1.54) is 0 Å². The highest BCUT2D eigenvalue weighted by Gasteiger charge is 2.27. The molecule has 0 aromatic rings. The van der Waals surface area contributed by atoms with Crippen LogP contribution >= 0.6 is 0 Å². The van der Waals surface area contributed by atoms with Crippen molar-refractivity contribution in [3.8, 4) is 0 Å².